The minimum atomic E-state index is -3.62. The molecule has 0 bridgehead atoms. The van der Waals surface area contributed by atoms with Crippen molar-refractivity contribution in [1.29, 1.82) is 0 Å². The van der Waals surface area contributed by atoms with E-state index in [9.17, 15) is 13.2 Å². The molecule has 2 aromatic heterocycles. The minimum Gasteiger partial charge on any atom is -0.268 e. The van der Waals surface area contributed by atoms with Crippen LogP contribution in [0.15, 0.2) is 65.3 Å². The van der Waals surface area contributed by atoms with Gasteiger partial charge in [-0.3, -0.25) is 4.79 Å². The number of hydrogen-bond acceptors (Lipinski definition) is 6. The van der Waals surface area contributed by atoms with Gasteiger partial charge in [0, 0.05) is 18.0 Å². The van der Waals surface area contributed by atoms with Crippen molar-refractivity contribution in [3.8, 4) is 5.82 Å². The van der Waals surface area contributed by atoms with Crippen LogP contribution in [-0.4, -0.2) is 39.5 Å². The number of benzene rings is 1. The second kappa shape index (κ2) is 7.85. The molecule has 0 amide bonds. The molecule has 0 aliphatic rings. The van der Waals surface area contributed by atoms with Crippen molar-refractivity contribution in [2.24, 2.45) is 0 Å². The van der Waals surface area contributed by atoms with E-state index in [0.29, 0.717) is 5.82 Å². The van der Waals surface area contributed by atoms with Crippen molar-refractivity contribution in [2.45, 2.75) is 6.54 Å². The number of hydrogen-bond donors (Lipinski definition) is 1. The van der Waals surface area contributed by atoms with E-state index in [0.717, 1.165) is 11.0 Å². The molecule has 134 valence electrons. The average Bonchev–Trinajstić information content (AvgIpc) is 3.17. The number of nitrogens with one attached hydrogen (secondary N) is 1. The van der Waals surface area contributed by atoms with Crippen molar-refractivity contribution in [2.75, 3.05) is 6.54 Å². The molecule has 0 radical (unpaired) electrons. The molecule has 1 aromatic carbocycles. The highest BCUT2D eigenvalue weighted by atomic mass is 32.2. The van der Waals surface area contributed by atoms with Gasteiger partial charge in [0.15, 0.2) is 5.82 Å². The second-order valence-electron chi connectivity index (χ2n) is 5.25. The van der Waals surface area contributed by atoms with E-state index in [-0.39, 0.29) is 18.6 Å². The Hall–Kier alpha value is -3.11. The van der Waals surface area contributed by atoms with Crippen LogP contribution in [0.2, 0.25) is 0 Å². The summed E-state index contributed by atoms with van der Waals surface area (Å²) in [6.45, 7) is 0.106. The third-order valence-electron chi connectivity index (χ3n) is 3.37. The highest BCUT2D eigenvalue weighted by molar-refractivity contribution is 7.92. The lowest BCUT2D eigenvalue weighted by Crippen LogP contribution is -2.31. The van der Waals surface area contributed by atoms with Crippen molar-refractivity contribution in [1.82, 2.24) is 29.3 Å². The normalized spacial score (nSPS) is 11.8. The molecule has 0 aliphatic carbocycles. The lowest BCUT2D eigenvalue weighted by molar-refractivity contribution is 0.546. The Balaban J connectivity index is 1.63. The van der Waals surface area contributed by atoms with Crippen LogP contribution in [0.3, 0.4) is 0 Å². The highest BCUT2D eigenvalue weighted by Gasteiger charge is 2.07. The molecule has 1 N–H and O–H groups in total. The van der Waals surface area contributed by atoms with Crippen LogP contribution < -0.4 is 10.3 Å². The Morgan fingerprint density at radius 2 is 1.92 bits per heavy atom. The Labute approximate surface area is 149 Å². The maximum atomic E-state index is 12.0. The number of aromatic nitrogens is 5. The SMILES string of the molecule is O=c1ccc(-n2cncn2)nn1CCNS(=O)(=O)/C=C/c1ccccc1. The zero-order chi connectivity index (χ0) is 18.4. The third kappa shape index (κ3) is 4.71. The zero-order valence-electron chi connectivity index (χ0n) is 13.6. The Morgan fingerprint density at radius 1 is 1.12 bits per heavy atom. The lowest BCUT2D eigenvalue weighted by atomic mass is 10.2. The maximum absolute atomic E-state index is 12.0. The maximum Gasteiger partial charge on any atom is 0.266 e. The summed E-state index contributed by atoms with van der Waals surface area (Å²) in [7, 11) is -3.62. The first kappa shape index (κ1) is 17.7. The first-order chi connectivity index (χ1) is 12.5. The molecule has 3 rings (SSSR count). The van der Waals surface area contributed by atoms with Crippen LogP contribution in [0.4, 0.5) is 0 Å². The van der Waals surface area contributed by atoms with Crippen molar-refractivity contribution < 1.29 is 8.42 Å². The van der Waals surface area contributed by atoms with Crippen LogP contribution in [0.1, 0.15) is 5.56 Å². The summed E-state index contributed by atoms with van der Waals surface area (Å²) in [6.07, 6.45) is 4.30. The smallest absolute Gasteiger partial charge is 0.266 e. The van der Waals surface area contributed by atoms with Gasteiger partial charge in [-0.05, 0) is 17.7 Å². The molecule has 0 saturated heterocycles. The van der Waals surface area contributed by atoms with Gasteiger partial charge < -0.3 is 0 Å². The second-order valence-corrected chi connectivity index (χ2v) is 6.90. The van der Waals surface area contributed by atoms with E-state index in [1.165, 1.54) is 40.2 Å². The summed E-state index contributed by atoms with van der Waals surface area (Å²) in [5, 5.41) is 9.16. The van der Waals surface area contributed by atoms with Gasteiger partial charge in [0.25, 0.3) is 5.56 Å². The zero-order valence-corrected chi connectivity index (χ0v) is 14.5. The van der Waals surface area contributed by atoms with Crippen LogP contribution in [0.25, 0.3) is 11.9 Å². The predicted molar refractivity (Wildman–Crippen MR) is 95.8 cm³/mol. The van der Waals surface area contributed by atoms with Crippen LogP contribution >= 0.6 is 0 Å². The summed E-state index contributed by atoms with van der Waals surface area (Å²) >= 11 is 0. The number of nitrogens with zero attached hydrogens (tertiary/aromatic N) is 5. The summed E-state index contributed by atoms with van der Waals surface area (Å²) < 4.78 is 29.0. The topological polar surface area (TPSA) is 112 Å². The van der Waals surface area contributed by atoms with E-state index in [4.69, 9.17) is 0 Å². The van der Waals surface area contributed by atoms with Crippen LogP contribution in [-0.2, 0) is 16.6 Å². The number of rotatable bonds is 7. The quantitative estimate of drug-likeness (QED) is 0.643. The summed E-state index contributed by atoms with van der Waals surface area (Å²) in [5.74, 6) is 0.411. The fourth-order valence-electron chi connectivity index (χ4n) is 2.12. The van der Waals surface area contributed by atoms with E-state index in [2.05, 4.69) is 19.9 Å². The molecular weight excluding hydrogens is 356 g/mol. The van der Waals surface area contributed by atoms with E-state index in [1.54, 1.807) is 12.1 Å². The summed E-state index contributed by atoms with van der Waals surface area (Å²) in [6, 6.07) is 11.9. The predicted octanol–water partition coefficient (Wildman–Crippen LogP) is 0.414. The molecule has 2 heterocycles. The molecule has 9 nitrogen and oxygen atoms in total. The van der Waals surface area contributed by atoms with E-state index < -0.39 is 10.0 Å². The largest absolute Gasteiger partial charge is 0.268 e. The molecule has 0 fully saturated rings. The highest BCUT2D eigenvalue weighted by Crippen LogP contribution is 2.02. The summed E-state index contributed by atoms with van der Waals surface area (Å²) in [5.41, 5.74) is 0.434. The lowest BCUT2D eigenvalue weighted by Gasteiger charge is -2.07. The Kier molecular flexibility index (Phi) is 5.34. The Bertz CT molecular complexity index is 1040. The van der Waals surface area contributed by atoms with Gasteiger partial charge in [-0.2, -0.15) is 5.10 Å². The standard InChI is InChI=1S/C16H16N6O3S/c23-16-7-6-15(22-13-17-12-18-22)20-21(16)10-9-19-26(24,25)11-8-14-4-2-1-3-5-14/h1-8,11-13,19H,9-10H2/b11-8+. The number of sulfonamides is 1. The molecule has 0 spiro atoms. The molecule has 0 aliphatic heterocycles. The molecule has 0 saturated carbocycles. The van der Waals surface area contributed by atoms with Gasteiger partial charge in [-0.1, -0.05) is 30.3 Å². The van der Waals surface area contributed by atoms with Gasteiger partial charge in [0.1, 0.15) is 12.7 Å². The van der Waals surface area contributed by atoms with Crippen molar-refractivity contribution in [3.63, 3.8) is 0 Å². The molecule has 3 aromatic rings. The van der Waals surface area contributed by atoms with Gasteiger partial charge in [-0.25, -0.2) is 27.5 Å². The molecule has 0 atom stereocenters. The van der Waals surface area contributed by atoms with E-state index in [1.807, 2.05) is 18.2 Å². The average molecular weight is 372 g/mol. The van der Waals surface area contributed by atoms with Crippen LogP contribution in [0, 0.1) is 0 Å². The van der Waals surface area contributed by atoms with Gasteiger partial charge in [0.05, 0.1) is 6.54 Å². The Morgan fingerprint density at radius 3 is 2.65 bits per heavy atom. The fraction of sp³-hybridized carbons (Fsp3) is 0.125. The molecule has 10 heteroatoms. The summed E-state index contributed by atoms with van der Waals surface area (Å²) in [4.78, 5) is 15.7. The molecule has 0 unspecified atom stereocenters. The van der Waals surface area contributed by atoms with E-state index >= 15 is 0 Å². The molecule has 26 heavy (non-hydrogen) atoms. The van der Waals surface area contributed by atoms with Gasteiger partial charge >= 0.3 is 0 Å². The monoisotopic (exact) mass is 372 g/mol. The third-order valence-corrected chi connectivity index (χ3v) is 4.47. The fourth-order valence-corrected chi connectivity index (χ4v) is 2.93. The van der Waals surface area contributed by atoms with Crippen molar-refractivity contribution >= 4 is 16.1 Å². The first-order valence-electron chi connectivity index (χ1n) is 7.69. The molecular formula is C16H16N6O3S. The van der Waals surface area contributed by atoms with Crippen molar-refractivity contribution in [3.05, 3.63) is 76.4 Å². The van der Waals surface area contributed by atoms with Crippen LogP contribution in [0.5, 0.6) is 0 Å². The first-order valence-corrected chi connectivity index (χ1v) is 9.24. The van der Waals surface area contributed by atoms with Gasteiger partial charge in [-0.15, -0.1) is 5.10 Å². The van der Waals surface area contributed by atoms with Gasteiger partial charge in [0.2, 0.25) is 10.0 Å². The minimum absolute atomic E-state index is 0.0230.